The van der Waals surface area contributed by atoms with Gasteiger partial charge in [-0.05, 0) is 42.6 Å². The van der Waals surface area contributed by atoms with Gasteiger partial charge >= 0.3 is 5.69 Å². The largest absolute Gasteiger partial charge is 0.323 e. The molecule has 1 aromatic carbocycles. The molecule has 3 rings (SSSR count). The first-order chi connectivity index (χ1) is 10.0. The van der Waals surface area contributed by atoms with Crippen molar-refractivity contribution in [1.29, 1.82) is 0 Å². The summed E-state index contributed by atoms with van der Waals surface area (Å²) >= 11 is 11.6. The minimum absolute atomic E-state index is 0.0339. The standard InChI is InChI=1S/C14H13BrClN3OS/c1-6-5-21-13(11(6)16)12(17-2)7-3-9-10(4-8(7)15)19-14(20)18-9/h3-5,12,17H,1-2H3,(H2,18,19,20). The van der Waals surface area contributed by atoms with Crippen molar-refractivity contribution in [2.45, 2.75) is 13.0 Å². The molecule has 110 valence electrons. The summed E-state index contributed by atoms with van der Waals surface area (Å²) in [5.41, 5.74) is 3.45. The highest BCUT2D eigenvalue weighted by molar-refractivity contribution is 9.10. The SMILES string of the molecule is CNC(c1cc2[nH]c(=O)[nH]c2cc1Br)c1scc(C)c1Cl. The molecule has 2 aromatic heterocycles. The summed E-state index contributed by atoms with van der Waals surface area (Å²) < 4.78 is 0.923. The normalized spacial score (nSPS) is 13.0. The van der Waals surface area contributed by atoms with Crippen LogP contribution in [0.15, 0.2) is 26.8 Å². The summed E-state index contributed by atoms with van der Waals surface area (Å²) in [4.78, 5) is 18.0. The van der Waals surface area contributed by atoms with Crippen LogP contribution in [0, 0.1) is 6.92 Å². The van der Waals surface area contributed by atoms with Crippen LogP contribution in [0.4, 0.5) is 0 Å². The Labute approximate surface area is 138 Å². The van der Waals surface area contributed by atoms with Crippen molar-refractivity contribution in [3.63, 3.8) is 0 Å². The van der Waals surface area contributed by atoms with E-state index in [1.807, 2.05) is 31.5 Å². The first kappa shape index (κ1) is 14.8. The van der Waals surface area contributed by atoms with Crippen molar-refractivity contribution in [2.24, 2.45) is 0 Å². The third-order valence-electron chi connectivity index (χ3n) is 3.42. The highest BCUT2D eigenvalue weighted by Crippen LogP contribution is 2.38. The van der Waals surface area contributed by atoms with Crippen molar-refractivity contribution in [3.8, 4) is 0 Å². The first-order valence-corrected chi connectivity index (χ1v) is 8.38. The molecule has 0 saturated heterocycles. The van der Waals surface area contributed by atoms with E-state index in [1.54, 1.807) is 11.3 Å². The van der Waals surface area contributed by atoms with Crippen LogP contribution in [-0.4, -0.2) is 17.0 Å². The molecule has 0 bridgehead atoms. The number of thiophene rings is 1. The number of aromatic amines is 2. The number of halogens is 2. The second kappa shape index (κ2) is 5.61. The fourth-order valence-corrected chi connectivity index (χ4v) is 4.37. The number of rotatable bonds is 3. The Morgan fingerprint density at radius 2 is 2.00 bits per heavy atom. The van der Waals surface area contributed by atoms with Gasteiger partial charge in [0.2, 0.25) is 0 Å². The van der Waals surface area contributed by atoms with Crippen molar-refractivity contribution >= 4 is 49.9 Å². The molecule has 2 heterocycles. The van der Waals surface area contributed by atoms with E-state index in [1.165, 1.54) is 0 Å². The lowest BCUT2D eigenvalue weighted by molar-refractivity contribution is 0.701. The van der Waals surface area contributed by atoms with Crippen molar-refractivity contribution in [1.82, 2.24) is 15.3 Å². The molecule has 3 aromatic rings. The molecule has 1 atom stereocenters. The van der Waals surface area contributed by atoms with Gasteiger partial charge in [-0.25, -0.2) is 4.79 Å². The molecule has 21 heavy (non-hydrogen) atoms. The molecule has 4 nitrogen and oxygen atoms in total. The van der Waals surface area contributed by atoms with Gasteiger partial charge in [-0.15, -0.1) is 11.3 Å². The zero-order valence-corrected chi connectivity index (χ0v) is 14.5. The summed E-state index contributed by atoms with van der Waals surface area (Å²) in [5.74, 6) is 0. The number of aromatic nitrogens is 2. The zero-order chi connectivity index (χ0) is 15.1. The quantitative estimate of drug-likeness (QED) is 0.638. The Morgan fingerprint density at radius 3 is 2.57 bits per heavy atom. The molecule has 0 spiro atoms. The number of imidazole rings is 1. The van der Waals surface area contributed by atoms with Crippen LogP contribution in [0.25, 0.3) is 11.0 Å². The van der Waals surface area contributed by atoms with Crippen LogP contribution < -0.4 is 11.0 Å². The van der Waals surface area contributed by atoms with E-state index in [0.717, 1.165) is 36.5 Å². The van der Waals surface area contributed by atoms with E-state index >= 15 is 0 Å². The lowest BCUT2D eigenvalue weighted by Crippen LogP contribution is -2.17. The summed E-state index contributed by atoms with van der Waals surface area (Å²) in [5, 5.41) is 6.13. The predicted molar refractivity (Wildman–Crippen MR) is 91.6 cm³/mol. The molecule has 0 fully saturated rings. The highest BCUT2D eigenvalue weighted by atomic mass is 79.9. The molecule has 1 unspecified atom stereocenters. The van der Waals surface area contributed by atoms with Crippen molar-refractivity contribution in [2.75, 3.05) is 7.05 Å². The Balaban J connectivity index is 2.18. The number of hydrogen-bond donors (Lipinski definition) is 3. The molecule has 0 amide bonds. The minimum Gasteiger partial charge on any atom is -0.309 e. The van der Waals surface area contributed by atoms with E-state index in [-0.39, 0.29) is 11.7 Å². The second-order valence-corrected chi connectivity index (χ2v) is 6.96. The monoisotopic (exact) mass is 385 g/mol. The number of fused-ring (bicyclic) bond motifs is 1. The third-order valence-corrected chi connectivity index (χ3v) is 5.89. The molecular weight excluding hydrogens is 374 g/mol. The van der Waals surface area contributed by atoms with E-state index in [4.69, 9.17) is 11.6 Å². The molecule has 0 aliphatic carbocycles. The van der Waals surface area contributed by atoms with Gasteiger partial charge in [0, 0.05) is 9.35 Å². The smallest absolute Gasteiger partial charge is 0.309 e. The molecule has 7 heteroatoms. The molecule has 3 N–H and O–H groups in total. The number of H-pyrrole nitrogens is 2. The number of hydrogen-bond acceptors (Lipinski definition) is 3. The van der Waals surface area contributed by atoms with Crippen LogP contribution in [0.2, 0.25) is 5.02 Å². The minimum atomic E-state index is -0.208. The van der Waals surface area contributed by atoms with Gasteiger partial charge in [0.15, 0.2) is 0 Å². The third kappa shape index (κ3) is 2.57. The van der Waals surface area contributed by atoms with Crippen LogP contribution in [0.3, 0.4) is 0 Å². The maximum absolute atomic E-state index is 11.4. The molecular formula is C14H13BrClN3OS. The van der Waals surface area contributed by atoms with Crippen molar-refractivity contribution < 1.29 is 0 Å². The van der Waals surface area contributed by atoms with Crippen LogP contribution in [-0.2, 0) is 0 Å². The number of nitrogens with one attached hydrogen (secondary N) is 3. The van der Waals surface area contributed by atoms with Crippen LogP contribution in [0.1, 0.15) is 22.0 Å². The lowest BCUT2D eigenvalue weighted by Gasteiger charge is -2.18. The zero-order valence-electron chi connectivity index (χ0n) is 11.4. The lowest BCUT2D eigenvalue weighted by atomic mass is 10.0. The maximum atomic E-state index is 11.4. The fraction of sp³-hybridized carbons (Fsp3) is 0.214. The van der Waals surface area contributed by atoms with Gasteiger partial charge in [-0.1, -0.05) is 27.5 Å². The second-order valence-electron chi connectivity index (χ2n) is 4.82. The van der Waals surface area contributed by atoms with E-state index in [9.17, 15) is 4.79 Å². The topological polar surface area (TPSA) is 60.7 Å². The van der Waals surface area contributed by atoms with E-state index in [0.29, 0.717) is 0 Å². The Morgan fingerprint density at radius 1 is 1.33 bits per heavy atom. The summed E-state index contributed by atoms with van der Waals surface area (Å²) in [7, 11) is 1.90. The van der Waals surface area contributed by atoms with E-state index < -0.39 is 0 Å². The Kier molecular flexibility index (Phi) is 3.96. The average Bonchev–Trinajstić information content (AvgIpc) is 2.95. The molecule has 0 aliphatic rings. The fourth-order valence-electron chi connectivity index (χ4n) is 2.37. The highest BCUT2D eigenvalue weighted by Gasteiger charge is 2.21. The van der Waals surface area contributed by atoms with Gasteiger partial charge in [0.1, 0.15) is 0 Å². The van der Waals surface area contributed by atoms with Crippen LogP contribution in [0.5, 0.6) is 0 Å². The molecule has 0 radical (unpaired) electrons. The first-order valence-electron chi connectivity index (χ1n) is 6.33. The molecule has 0 saturated carbocycles. The average molecular weight is 387 g/mol. The van der Waals surface area contributed by atoms with Crippen molar-refractivity contribution in [3.05, 3.63) is 53.5 Å². The van der Waals surface area contributed by atoms with Gasteiger partial charge in [0.05, 0.1) is 22.1 Å². The van der Waals surface area contributed by atoms with Gasteiger partial charge < -0.3 is 15.3 Å². The Hall–Kier alpha value is -1.08. The summed E-state index contributed by atoms with van der Waals surface area (Å²) in [6.45, 7) is 2.00. The van der Waals surface area contributed by atoms with E-state index in [2.05, 4.69) is 31.2 Å². The number of benzene rings is 1. The van der Waals surface area contributed by atoms with Gasteiger partial charge in [-0.2, -0.15) is 0 Å². The summed E-state index contributed by atoms with van der Waals surface area (Å²) in [6.07, 6.45) is 0. The number of aryl methyl sites for hydroxylation is 1. The molecule has 0 aliphatic heterocycles. The predicted octanol–water partition coefficient (Wildman–Crippen LogP) is 3.95. The summed E-state index contributed by atoms with van der Waals surface area (Å²) in [6, 6.07) is 3.83. The van der Waals surface area contributed by atoms with Crippen LogP contribution >= 0.6 is 38.9 Å². The maximum Gasteiger partial charge on any atom is 0.323 e. The van der Waals surface area contributed by atoms with Gasteiger partial charge in [0.25, 0.3) is 0 Å². The van der Waals surface area contributed by atoms with Gasteiger partial charge in [-0.3, -0.25) is 0 Å². The Bertz CT molecular complexity index is 867.